The second kappa shape index (κ2) is 9.27. The fourth-order valence-corrected chi connectivity index (χ4v) is 3.55. The Morgan fingerprint density at radius 2 is 1.89 bits per heavy atom. The first-order valence-electron chi connectivity index (χ1n) is 8.73. The van der Waals surface area contributed by atoms with Gasteiger partial charge in [0.15, 0.2) is 0 Å². The molecule has 2 unspecified atom stereocenters. The molecule has 1 aromatic rings. The molecule has 0 bridgehead atoms. The molecule has 2 rings (SSSR count). The highest BCUT2D eigenvalue weighted by atomic mass is 32.2. The molecule has 2 atom stereocenters. The van der Waals surface area contributed by atoms with Crippen LogP contribution in [0.15, 0.2) is 29.2 Å². The Hall–Kier alpha value is -2.01. The van der Waals surface area contributed by atoms with Gasteiger partial charge in [-0.25, -0.2) is 13.1 Å². The molecular weight excluding hydrogens is 372 g/mol. The monoisotopic (exact) mass is 398 g/mol. The number of amides is 2. The van der Waals surface area contributed by atoms with Crippen molar-refractivity contribution in [3.63, 3.8) is 0 Å². The molecule has 5 N–H and O–H groups in total. The molecule has 1 aliphatic heterocycles. The van der Waals surface area contributed by atoms with Gasteiger partial charge in [0.25, 0.3) is 0 Å². The van der Waals surface area contributed by atoms with E-state index in [-0.39, 0.29) is 10.8 Å². The molecule has 150 valence electrons. The minimum absolute atomic E-state index is 0.0254. The maximum Gasteiger partial charge on any atom is 0.246 e. The molecule has 27 heavy (non-hydrogen) atoms. The van der Waals surface area contributed by atoms with Crippen LogP contribution in [0.4, 0.5) is 5.69 Å². The van der Waals surface area contributed by atoms with Crippen LogP contribution >= 0.6 is 0 Å². The number of carbonyl (C=O) groups excluding carboxylic acids is 2. The van der Waals surface area contributed by atoms with Gasteiger partial charge in [-0.1, -0.05) is 6.07 Å². The topological polar surface area (TPSA) is 140 Å². The molecule has 0 saturated carbocycles. The van der Waals surface area contributed by atoms with Crippen LogP contribution in [0.5, 0.6) is 0 Å². The van der Waals surface area contributed by atoms with Crippen LogP contribution in [0.3, 0.4) is 0 Å². The highest BCUT2D eigenvalue weighted by Crippen LogP contribution is 2.18. The highest BCUT2D eigenvalue weighted by Gasteiger charge is 2.28. The molecule has 0 aliphatic carbocycles. The third-order valence-electron chi connectivity index (χ3n) is 4.51. The van der Waals surface area contributed by atoms with Crippen LogP contribution in [-0.2, 0) is 24.3 Å². The first-order valence-corrected chi connectivity index (χ1v) is 10.2. The van der Waals surface area contributed by atoms with Crippen molar-refractivity contribution in [3.8, 4) is 0 Å². The Kier molecular flexibility index (Phi) is 7.31. The van der Waals surface area contributed by atoms with Crippen molar-refractivity contribution in [1.82, 2.24) is 10.0 Å². The van der Waals surface area contributed by atoms with Crippen molar-refractivity contribution in [2.24, 2.45) is 11.7 Å². The van der Waals surface area contributed by atoms with E-state index in [4.69, 9.17) is 10.5 Å². The standard InChI is InChI=1S/C17H26N4O5S/c1-11(20-17(23)15(18)12-6-8-26-9-7-12)16(22)21-13-4-3-5-14(10-13)27(24,25)19-2/h3-5,10-12,15,19H,6-9,18H2,1-2H3,(H,20,23)(H,21,22). The average molecular weight is 398 g/mol. The van der Waals surface area contributed by atoms with E-state index in [1.165, 1.54) is 32.2 Å². The van der Waals surface area contributed by atoms with E-state index >= 15 is 0 Å². The van der Waals surface area contributed by atoms with Gasteiger partial charge in [0, 0.05) is 18.9 Å². The molecule has 0 aromatic heterocycles. The lowest BCUT2D eigenvalue weighted by molar-refractivity contribution is -0.128. The number of sulfonamides is 1. The van der Waals surface area contributed by atoms with E-state index in [9.17, 15) is 18.0 Å². The van der Waals surface area contributed by atoms with Crippen LogP contribution in [0.2, 0.25) is 0 Å². The summed E-state index contributed by atoms with van der Waals surface area (Å²) in [5.74, 6) is -0.838. The lowest BCUT2D eigenvalue weighted by Crippen LogP contribution is -2.52. The van der Waals surface area contributed by atoms with E-state index in [1.807, 2.05) is 0 Å². The van der Waals surface area contributed by atoms with Gasteiger partial charge in [-0.15, -0.1) is 0 Å². The number of ether oxygens (including phenoxy) is 1. The summed E-state index contributed by atoms with van der Waals surface area (Å²) in [6, 6.07) is 4.31. The van der Waals surface area contributed by atoms with E-state index in [1.54, 1.807) is 6.07 Å². The molecule has 1 aromatic carbocycles. The fraction of sp³-hybridized carbons (Fsp3) is 0.529. The second-order valence-corrected chi connectivity index (χ2v) is 8.32. The Labute approximate surface area is 159 Å². The second-order valence-electron chi connectivity index (χ2n) is 6.43. The largest absolute Gasteiger partial charge is 0.381 e. The summed E-state index contributed by atoms with van der Waals surface area (Å²) >= 11 is 0. The summed E-state index contributed by atoms with van der Waals surface area (Å²) in [6.45, 7) is 2.69. The number of benzene rings is 1. The van der Waals surface area contributed by atoms with Gasteiger partial charge >= 0.3 is 0 Å². The zero-order chi connectivity index (χ0) is 20.0. The molecular formula is C17H26N4O5S. The molecule has 1 saturated heterocycles. The predicted molar refractivity (Wildman–Crippen MR) is 100 cm³/mol. The maximum absolute atomic E-state index is 12.3. The summed E-state index contributed by atoms with van der Waals surface area (Å²) in [5, 5.41) is 5.20. The first-order chi connectivity index (χ1) is 12.7. The molecule has 10 heteroatoms. The first kappa shape index (κ1) is 21.3. The summed E-state index contributed by atoms with van der Waals surface area (Å²) < 4.78 is 31.1. The maximum atomic E-state index is 12.3. The quantitative estimate of drug-likeness (QED) is 0.501. The Morgan fingerprint density at radius 1 is 1.22 bits per heavy atom. The molecule has 1 fully saturated rings. The van der Waals surface area contributed by atoms with Crippen LogP contribution in [0.1, 0.15) is 19.8 Å². The van der Waals surface area contributed by atoms with Gasteiger partial charge in [0.2, 0.25) is 21.8 Å². The van der Waals surface area contributed by atoms with Crippen LogP contribution in [0, 0.1) is 5.92 Å². The van der Waals surface area contributed by atoms with Crippen molar-refractivity contribution in [3.05, 3.63) is 24.3 Å². The van der Waals surface area contributed by atoms with Crippen LogP contribution in [0.25, 0.3) is 0 Å². The number of nitrogens with two attached hydrogens (primary N) is 1. The normalized spacial score (nSPS) is 17.7. The van der Waals surface area contributed by atoms with Gasteiger partial charge in [-0.2, -0.15) is 0 Å². The van der Waals surface area contributed by atoms with Gasteiger partial charge < -0.3 is 21.1 Å². The van der Waals surface area contributed by atoms with Crippen molar-refractivity contribution in [2.45, 2.75) is 36.7 Å². The number of anilines is 1. The number of hydrogen-bond donors (Lipinski definition) is 4. The minimum Gasteiger partial charge on any atom is -0.381 e. The molecule has 2 amide bonds. The third kappa shape index (κ3) is 5.73. The van der Waals surface area contributed by atoms with E-state index in [2.05, 4.69) is 15.4 Å². The SMILES string of the molecule is CNS(=O)(=O)c1cccc(NC(=O)C(C)NC(=O)C(N)C2CCOCC2)c1. The molecule has 0 radical (unpaired) electrons. The summed E-state index contributed by atoms with van der Waals surface area (Å²) in [4.78, 5) is 24.6. The smallest absolute Gasteiger partial charge is 0.246 e. The molecule has 1 heterocycles. The van der Waals surface area contributed by atoms with Crippen LogP contribution < -0.4 is 21.1 Å². The van der Waals surface area contributed by atoms with Gasteiger partial charge in [0.1, 0.15) is 6.04 Å². The van der Waals surface area contributed by atoms with Crippen LogP contribution in [-0.4, -0.2) is 52.6 Å². The zero-order valence-electron chi connectivity index (χ0n) is 15.4. The van der Waals surface area contributed by atoms with E-state index in [0.29, 0.717) is 31.7 Å². The van der Waals surface area contributed by atoms with E-state index < -0.39 is 33.9 Å². The molecule has 9 nitrogen and oxygen atoms in total. The summed E-state index contributed by atoms with van der Waals surface area (Å²) in [6.07, 6.45) is 1.42. The average Bonchev–Trinajstić information content (AvgIpc) is 2.68. The van der Waals surface area contributed by atoms with Crippen molar-refractivity contribution < 1.29 is 22.7 Å². The highest BCUT2D eigenvalue weighted by molar-refractivity contribution is 7.89. The van der Waals surface area contributed by atoms with Crippen molar-refractivity contribution >= 4 is 27.5 Å². The molecule has 1 aliphatic rings. The number of carbonyl (C=O) groups is 2. The number of rotatable bonds is 7. The minimum atomic E-state index is -3.62. The number of nitrogens with one attached hydrogen (secondary N) is 3. The molecule has 0 spiro atoms. The third-order valence-corrected chi connectivity index (χ3v) is 5.92. The predicted octanol–water partition coefficient (Wildman–Crippen LogP) is -0.208. The van der Waals surface area contributed by atoms with E-state index in [0.717, 1.165) is 0 Å². The lowest BCUT2D eigenvalue weighted by atomic mass is 9.91. The lowest BCUT2D eigenvalue weighted by Gasteiger charge is -2.27. The van der Waals surface area contributed by atoms with Crippen molar-refractivity contribution in [2.75, 3.05) is 25.6 Å². The summed E-state index contributed by atoms with van der Waals surface area (Å²) in [7, 11) is -2.31. The summed E-state index contributed by atoms with van der Waals surface area (Å²) in [5.41, 5.74) is 6.31. The van der Waals surface area contributed by atoms with Crippen molar-refractivity contribution in [1.29, 1.82) is 0 Å². The fourth-order valence-electron chi connectivity index (χ4n) is 2.77. The Balaban J connectivity index is 1.95. The Morgan fingerprint density at radius 3 is 2.52 bits per heavy atom. The number of hydrogen-bond acceptors (Lipinski definition) is 6. The van der Waals surface area contributed by atoms with Gasteiger partial charge in [-0.05, 0) is 50.9 Å². The van der Waals surface area contributed by atoms with Gasteiger partial charge in [0.05, 0.1) is 10.9 Å². The zero-order valence-corrected chi connectivity index (χ0v) is 16.2. The Bertz CT molecular complexity index is 777. The van der Waals surface area contributed by atoms with Gasteiger partial charge in [-0.3, -0.25) is 9.59 Å².